The van der Waals surface area contributed by atoms with Crippen LogP contribution in [0.25, 0.3) is 0 Å². The first kappa shape index (κ1) is 19.4. The lowest BCUT2D eigenvalue weighted by Crippen LogP contribution is -2.16. The Bertz CT molecular complexity index is 1110. The molecule has 0 radical (unpaired) electrons. The highest BCUT2D eigenvalue weighted by molar-refractivity contribution is 7.92. The van der Waals surface area contributed by atoms with Crippen LogP contribution < -0.4 is 14.8 Å². The van der Waals surface area contributed by atoms with Crippen LogP contribution >= 0.6 is 0 Å². The second kappa shape index (κ2) is 8.14. The molecule has 0 spiro atoms. The maximum Gasteiger partial charge on any atom is 0.261 e. The molecule has 0 atom stereocenters. The molecule has 3 aromatic rings. The lowest BCUT2D eigenvalue weighted by molar-refractivity contribution is 0.102. The third-order valence-corrected chi connectivity index (χ3v) is 5.38. The van der Waals surface area contributed by atoms with E-state index >= 15 is 0 Å². The number of ether oxygens (including phenoxy) is 1. The second-order valence-corrected chi connectivity index (χ2v) is 7.87. The molecule has 3 aromatic carbocycles. The number of hydrogen-bond donors (Lipinski definition) is 2. The van der Waals surface area contributed by atoms with Gasteiger partial charge in [0.1, 0.15) is 5.75 Å². The van der Waals surface area contributed by atoms with Gasteiger partial charge in [0, 0.05) is 17.3 Å². The predicted octanol–water partition coefficient (Wildman–Crippen LogP) is 4.06. The van der Waals surface area contributed by atoms with Crippen molar-refractivity contribution in [1.29, 1.82) is 0 Å². The minimum Gasteiger partial charge on any atom is -0.497 e. The zero-order valence-electron chi connectivity index (χ0n) is 15.5. The predicted molar refractivity (Wildman–Crippen MR) is 109 cm³/mol. The van der Waals surface area contributed by atoms with Gasteiger partial charge in [-0.15, -0.1) is 0 Å². The Kier molecular flexibility index (Phi) is 5.65. The zero-order chi connectivity index (χ0) is 20.1. The summed E-state index contributed by atoms with van der Waals surface area (Å²) in [6.07, 6.45) is 0. The lowest BCUT2D eigenvalue weighted by Gasteiger charge is -2.11. The molecule has 0 saturated heterocycles. The molecule has 0 aliphatic heterocycles. The van der Waals surface area contributed by atoms with Gasteiger partial charge in [0.15, 0.2) is 0 Å². The summed E-state index contributed by atoms with van der Waals surface area (Å²) in [7, 11) is -2.36. The van der Waals surface area contributed by atoms with Gasteiger partial charge < -0.3 is 10.1 Å². The minimum absolute atomic E-state index is 0.00721. The monoisotopic (exact) mass is 396 g/mol. The topological polar surface area (TPSA) is 84.5 Å². The number of anilines is 2. The summed E-state index contributed by atoms with van der Waals surface area (Å²) in [5.41, 5.74) is 2.27. The van der Waals surface area contributed by atoms with Crippen LogP contribution in [0, 0.1) is 6.92 Å². The third-order valence-electron chi connectivity index (χ3n) is 4.00. The summed E-state index contributed by atoms with van der Waals surface area (Å²) >= 11 is 0. The van der Waals surface area contributed by atoms with Gasteiger partial charge in [0.25, 0.3) is 15.9 Å². The van der Waals surface area contributed by atoms with Crippen molar-refractivity contribution in [2.75, 3.05) is 17.1 Å². The Morgan fingerprint density at radius 2 is 1.61 bits per heavy atom. The van der Waals surface area contributed by atoms with Gasteiger partial charge >= 0.3 is 0 Å². The maximum absolute atomic E-state index is 12.7. The number of carbonyl (C=O) groups excluding carboxylic acids is 1. The zero-order valence-corrected chi connectivity index (χ0v) is 16.3. The summed E-state index contributed by atoms with van der Waals surface area (Å²) < 4.78 is 33.0. The standard InChI is InChI=1S/C21H20N2O4S/c1-15-6-3-8-17(12-15)22-21(24)16-7-4-11-20(13-16)28(25,26)23-18-9-5-10-19(14-18)27-2/h3-14,23H,1-2H3,(H,22,24). The number of methoxy groups -OCH3 is 1. The molecular weight excluding hydrogens is 376 g/mol. The van der Waals surface area contributed by atoms with Gasteiger partial charge in [-0.3, -0.25) is 9.52 Å². The smallest absolute Gasteiger partial charge is 0.261 e. The largest absolute Gasteiger partial charge is 0.497 e. The van der Waals surface area contributed by atoms with E-state index in [2.05, 4.69) is 10.0 Å². The fourth-order valence-corrected chi connectivity index (χ4v) is 3.73. The molecule has 0 aliphatic rings. The number of rotatable bonds is 6. The quantitative estimate of drug-likeness (QED) is 0.658. The van der Waals surface area contributed by atoms with Crippen LogP contribution in [0.4, 0.5) is 11.4 Å². The molecule has 3 rings (SSSR count). The van der Waals surface area contributed by atoms with E-state index in [0.29, 0.717) is 17.1 Å². The van der Waals surface area contributed by atoms with Crippen LogP contribution in [0.3, 0.4) is 0 Å². The molecule has 6 nitrogen and oxygen atoms in total. The molecule has 0 aliphatic carbocycles. The van der Waals surface area contributed by atoms with Crippen molar-refractivity contribution in [2.45, 2.75) is 11.8 Å². The molecule has 0 aromatic heterocycles. The average Bonchev–Trinajstić information content (AvgIpc) is 2.68. The van der Waals surface area contributed by atoms with Crippen LogP contribution in [-0.4, -0.2) is 21.4 Å². The number of benzene rings is 3. The molecule has 28 heavy (non-hydrogen) atoms. The molecule has 144 valence electrons. The first-order chi connectivity index (χ1) is 13.4. The lowest BCUT2D eigenvalue weighted by atomic mass is 10.2. The first-order valence-electron chi connectivity index (χ1n) is 8.52. The Labute approximate surface area is 164 Å². The maximum atomic E-state index is 12.7. The van der Waals surface area contributed by atoms with Gasteiger partial charge in [-0.25, -0.2) is 8.42 Å². The average molecular weight is 396 g/mol. The van der Waals surface area contributed by atoms with E-state index in [4.69, 9.17) is 4.74 Å². The normalized spacial score (nSPS) is 10.9. The molecular formula is C21H20N2O4S. The van der Waals surface area contributed by atoms with Gasteiger partial charge in [-0.2, -0.15) is 0 Å². The number of nitrogens with one attached hydrogen (secondary N) is 2. The molecule has 7 heteroatoms. The van der Waals surface area contributed by atoms with Crippen molar-refractivity contribution >= 4 is 27.3 Å². The van der Waals surface area contributed by atoms with Crippen LogP contribution in [0.15, 0.2) is 77.7 Å². The number of hydrogen-bond acceptors (Lipinski definition) is 4. The van der Waals surface area contributed by atoms with Crippen molar-refractivity contribution in [2.24, 2.45) is 0 Å². The SMILES string of the molecule is COc1cccc(NS(=O)(=O)c2cccc(C(=O)Nc3cccc(C)c3)c2)c1. The molecule has 0 unspecified atom stereocenters. The molecule has 0 fully saturated rings. The summed E-state index contributed by atoms with van der Waals surface area (Å²) in [6.45, 7) is 1.92. The van der Waals surface area contributed by atoms with E-state index in [1.807, 2.05) is 25.1 Å². The van der Waals surface area contributed by atoms with E-state index in [-0.39, 0.29) is 16.4 Å². The highest BCUT2D eigenvalue weighted by Crippen LogP contribution is 2.21. The number of sulfonamides is 1. The van der Waals surface area contributed by atoms with Crippen LogP contribution in [-0.2, 0) is 10.0 Å². The summed E-state index contributed by atoms with van der Waals surface area (Å²) in [6, 6.07) is 19.8. The van der Waals surface area contributed by atoms with Crippen molar-refractivity contribution in [3.63, 3.8) is 0 Å². The number of amides is 1. The van der Waals surface area contributed by atoms with Gasteiger partial charge in [-0.1, -0.05) is 24.3 Å². The van der Waals surface area contributed by atoms with E-state index in [1.54, 1.807) is 36.4 Å². The van der Waals surface area contributed by atoms with Gasteiger partial charge in [0.2, 0.25) is 0 Å². The Morgan fingerprint density at radius 3 is 2.36 bits per heavy atom. The molecule has 0 saturated carbocycles. The minimum atomic E-state index is -3.86. The van der Waals surface area contributed by atoms with E-state index in [9.17, 15) is 13.2 Å². The Hall–Kier alpha value is -3.32. The number of carbonyl (C=O) groups is 1. The molecule has 0 heterocycles. The van der Waals surface area contributed by atoms with Gasteiger partial charge in [-0.05, 0) is 55.0 Å². The van der Waals surface area contributed by atoms with Crippen LogP contribution in [0.1, 0.15) is 15.9 Å². The second-order valence-electron chi connectivity index (χ2n) is 6.19. The van der Waals surface area contributed by atoms with E-state index < -0.39 is 10.0 Å². The fraction of sp³-hybridized carbons (Fsp3) is 0.0952. The highest BCUT2D eigenvalue weighted by Gasteiger charge is 2.17. The summed E-state index contributed by atoms with van der Waals surface area (Å²) in [5.74, 6) is 0.149. The highest BCUT2D eigenvalue weighted by atomic mass is 32.2. The molecule has 2 N–H and O–H groups in total. The van der Waals surface area contributed by atoms with Gasteiger partial charge in [0.05, 0.1) is 17.7 Å². The van der Waals surface area contributed by atoms with Crippen molar-refractivity contribution in [3.8, 4) is 5.75 Å². The van der Waals surface area contributed by atoms with Crippen LogP contribution in [0.5, 0.6) is 5.75 Å². The van der Waals surface area contributed by atoms with E-state index in [0.717, 1.165) is 5.56 Å². The first-order valence-corrected chi connectivity index (χ1v) is 10.0. The summed E-state index contributed by atoms with van der Waals surface area (Å²) in [4.78, 5) is 12.5. The van der Waals surface area contributed by atoms with E-state index in [1.165, 1.54) is 25.3 Å². The van der Waals surface area contributed by atoms with Crippen molar-refractivity contribution in [1.82, 2.24) is 0 Å². The number of aryl methyl sites for hydroxylation is 1. The molecule has 0 bridgehead atoms. The molecule has 1 amide bonds. The summed E-state index contributed by atoms with van der Waals surface area (Å²) in [5, 5.41) is 2.77. The Morgan fingerprint density at radius 1 is 0.893 bits per heavy atom. The Balaban J connectivity index is 1.82. The van der Waals surface area contributed by atoms with Crippen molar-refractivity contribution in [3.05, 3.63) is 83.9 Å². The third kappa shape index (κ3) is 4.69. The van der Waals surface area contributed by atoms with Crippen molar-refractivity contribution < 1.29 is 17.9 Å². The van der Waals surface area contributed by atoms with Crippen LogP contribution in [0.2, 0.25) is 0 Å². The fourth-order valence-electron chi connectivity index (χ4n) is 2.63.